The van der Waals surface area contributed by atoms with Crippen molar-refractivity contribution in [3.05, 3.63) is 41.5 Å². The summed E-state index contributed by atoms with van der Waals surface area (Å²) in [5.74, 6) is -0.715. The van der Waals surface area contributed by atoms with Crippen molar-refractivity contribution in [2.24, 2.45) is 5.41 Å². The smallest absolute Gasteiger partial charge is 0.170 e. The number of carboxylic acids is 1. The highest BCUT2D eigenvalue weighted by molar-refractivity contribution is 6.15. The third kappa shape index (κ3) is 3.09. The Morgan fingerprint density at radius 2 is 1.92 bits per heavy atom. The number of fused-ring (bicyclic) bond motifs is 3. The summed E-state index contributed by atoms with van der Waals surface area (Å²) in [6.07, 6.45) is 2.09. The van der Waals surface area contributed by atoms with E-state index in [-0.39, 0.29) is 11.6 Å². The first-order valence-corrected chi connectivity index (χ1v) is 8.79. The van der Waals surface area contributed by atoms with E-state index in [0.717, 1.165) is 10.9 Å². The Morgan fingerprint density at radius 1 is 1.23 bits per heavy atom. The van der Waals surface area contributed by atoms with Gasteiger partial charge >= 0.3 is 0 Å². The summed E-state index contributed by atoms with van der Waals surface area (Å²) in [4.78, 5) is 35.5. The van der Waals surface area contributed by atoms with E-state index in [1.165, 1.54) is 6.92 Å². The second-order valence-corrected chi connectivity index (χ2v) is 6.96. The number of carboxylic acid groups (broad SMARTS) is 1. The fraction of sp³-hybridized carbons (Fsp3) is 0.381. The molecule has 1 aliphatic rings. The molecule has 0 bridgehead atoms. The average molecular weight is 353 g/mol. The Bertz CT molecular complexity index is 899. The summed E-state index contributed by atoms with van der Waals surface area (Å²) in [5, 5.41) is 12.2. The van der Waals surface area contributed by atoms with Crippen molar-refractivity contribution in [3.8, 4) is 5.75 Å². The minimum atomic E-state index is -1.30. The lowest BCUT2D eigenvalue weighted by Gasteiger charge is -2.25. The van der Waals surface area contributed by atoms with Crippen molar-refractivity contribution in [1.82, 2.24) is 0 Å². The lowest BCUT2D eigenvalue weighted by Crippen LogP contribution is -2.29. The Morgan fingerprint density at radius 3 is 2.54 bits per heavy atom. The number of hydrogen-bond donors (Lipinski definition) is 0. The van der Waals surface area contributed by atoms with Crippen LogP contribution in [0.2, 0.25) is 0 Å². The zero-order chi connectivity index (χ0) is 18.9. The van der Waals surface area contributed by atoms with Gasteiger partial charge in [-0.15, -0.1) is 0 Å². The number of benzene rings is 2. The van der Waals surface area contributed by atoms with Crippen molar-refractivity contribution < 1.29 is 24.2 Å². The van der Waals surface area contributed by atoms with E-state index in [2.05, 4.69) is 0 Å². The topological polar surface area (TPSA) is 83.5 Å². The molecule has 3 rings (SSSR count). The number of rotatable bonds is 7. The Labute approximate surface area is 152 Å². The molecule has 1 atom stereocenters. The maximum atomic E-state index is 13.3. The quantitative estimate of drug-likeness (QED) is 0.763. The molecule has 5 nitrogen and oxygen atoms in total. The van der Waals surface area contributed by atoms with E-state index in [1.54, 1.807) is 6.07 Å². The van der Waals surface area contributed by atoms with Crippen molar-refractivity contribution in [3.63, 3.8) is 0 Å². The van der Waals surface area contributed by atoms with E-state index >= 15 is 0 Å². The van der Waals surface area contributed by atoms with Crippen LogP contribution in [0.1, 0.15) is 49.0 Å². The zero-order valence-electron chi connectivity index (χ0n) is 15.0. The van der Waals surface area contributed by atoms with E-state index in [0.29, 0.717) is 42.4 Å². The Balaban J connectivity index is 2.10. The van der Waals surface area contributed by atoms with E-state index in [9.17, 15) is 19.5 Å². The highest BCUT2D eigenvalue weighted by Crippen LogP contribution is 2.47. The first-order chi connectivity index (χ1) is 12.4. The first-order valence-electron chi connectivity index (χ1n) is 8.79. The fourth-order valence-corrected chi connectivity index (χ4v) is 3.85. The molecule has 26 heavy (non-hydrogen) atoms. The summed E-state index contributed by atoms with van der Waals surface area (Å²) in [7, 11) is 0. The molecule has 0 amide bonds. The summed E-state index contributed by atoms with van der Waals surface area (Å²) in [6.45, 7) is 2.97. The monoisotopic (exact) mass is 353 g/mol. The SMILES string of the molecule is CCC1(CCC(C)=O)Cc2cc(OCC(=O)[O-])c3ccccc3c2C1=O. The third-order valence-corrected chi connectivity index (χ3v) is 5.30. The predicted molar refractivity (Wildman–Crippen MR) is 95.1 cm³/mol. The van der Waals surface area contributed by atoms with Crippen LogP contribution in [-0.2, 0) is 16.0 Å². The van der Waals surface area contributed by atoms with Gasteiger partial charge in [0.05, 0.1) is 5.97 Å². The van der Waals surface area contributed by atoms with Crippen LogP contribution in [0.15, 0.2) is 30.3 Å². The van der Waals surface area contributed by atoms with Gasteiger partial charge in [-0.1, -0.05) is 31.2 Å². The third-order valence-electron chi connectivity index (χ3n) is 5.30. The van der Waals surface area contributed by atoms with Gasteiger partial charge < -0.3 is 19.4 Å². The molecule has 0 radical (unpaired) electrons. The van der Waals surface area contributed by atoms with Crippen LogP contribution in [0.4, 0.5) is 0 Å². The minimum Gasteiger partial charge on any atom is -0.546 e. The van der Waals surface area contributed by atoms with Gasteiger partial charge in [0.1, 0.15) is 18.1 Å². The first kappa shape index (κ1) is 18.1. The highest BCUT2D eigenvalue weighted by atomic mass is 16.5. The average Bonchev–Trinajstić information content (AvgIpc) is 2.90. The normalized spacial score (nSPS) is 18.8. The molecule has 1 unspecified atom stereocenters. The van der Waals surface area contributed by atoms with Gasteiger partial charge in [-0.05, 0) is 43.2 Å². The molecule has 0 aliphatic heterocycles. The standard InChI is InChI=1S/C21H22O5/c1-3-21(9-8-13(2)22)11-14-10-17(26-12-18(23)24)15-6-4-5-7-16(15)19(14)20(21)25/h4-7,10H,3,8-9,11-12H2,1-2H3,(H,23,24)/p-1. The second-order valence-electron chi connectivity index (χ2n) is 6.96. The van der Waals surface area contributed by atoms with Crippen LogP contribution in [-0.4, -0.2) is 24.1 Å². The minimum absolute atomic E-state index is 0.0684. The lowest BCUT2D eigenvalue weighted by molar-refractivity contribution is -0.307. The molecule has 0 N–H and O–H groups in total. The van der Waals surface area contributed by atoms with Crippen molar-refractivity contribution in [2.75, 3.05) is 6.61 Å². The molecule has 136 valence electrons. The number of carbonyl (C=O) groups is 3. The Hall–Kier alpha value is -2.69. The summed E-state index contributed by atoms with van der Waals surface area (Å²) in [5.41, 5.74) is 0.947. The van der Waals surface area contributed by atoms with Crippen LogP contribution in [0.3, 0.4) is 0 Å². The lowest BCUT2D eigenvalue weighted by atomic mass is 9.76. The highest BCUT2D eigenvalue weighted by Gasteiger charge is 2.45. The summed E-state index contributed by atoms with van der Waals surface area (Å²) >= 11 is 0. The van der Waals surface area contributed by atoms with Crippen molar-refractivity contribution in [1.29, 1.82) is 0 Å². The van der Waals surface area contributed by atoms with Crippen LogP contribution in [0, 0.1) is 5.41 Å². The zero-order valence-corrected chi connectivity index (χ0v) is 15.0. The molecule has 0 spiro atoms. The van der Waals surface area contributed by atoms with E-state index in [4.69, 9.17) is 4.74 Å². The maximum absolute atomic E-state index is 13.3. The largest absolute Gasteiger partial charge is 0.546 e. The molecule has 0 saturated carbocycles. The van der Waals surface area contributed by atoms with Crippen molar-refractivity contribution in [2.45, 2.75) is 39.5 Å². The van der Waals surface area contributed by atoms with Crippen molar-refractivity contribution >= 4 is 28.3 Å². The molecular formula is C21H21O5-. The molecule has 1 aliphatic carbocycles. The van der Waals surface area contributed by atoms with E-state index in [1.807, 2.05) is 31.2 Å². The van der Waals surface area contributed by atoms with Crippen LogP contribution in [0.25, 0.3) is 10.8 Å². The summed E-state index contributed by atoms with van der Waals surface area (Å²) in [6, 6.07) is 9.11. The number of ketones is 2. The number of ether oxygens (including phenoxy) is 1. The van der Waals surface area contributed by atoms with Gasteiger partial charge in [0.25, 0.3) is 0 Å². The molecule has 2 aromatic rings. The number of carbonyl (C=O) groups excluding carboxylic acids is 3. The van der Waals surface area contributed by atoms with E-state index < -0.39 is 18.0 Å². The molecule has 5 heteroatoms. The molecule has 0 fully saturated rings. The second kappa shape index (κ2) is 6.90. The van der Waals surface area contributed by atoms with Gasteiger partial charge in [-0.2, -0.15) is 0 Å². The molecule has 2 aromatic carbocycles. The fourth-order valence-electron chi connectivity index (χ4n) is 3.85. The van der Waals surface area contributed by atoms with Crippen LogP contribution >= 0.6 is 0 Å². The van der Waals surface area contributed by atoms with Gasteiger partial charge in [0.15, 0.2) is 5.78 Å². The predicted octanol–water partition coefficient (Wildman–Crippen LogP) is 2.47. The van der Waals surface area contributed by atoms with Gasteiger partial charge in [-0.3, -0.25) is 4.79 Å². The number of aliphatic carboxylic acids is 1. The summed E-state index contributed by atoms with van der Waals surface area (Å²) < 4.78 is 5.41. The number of Topliss-reactive ketones (excluding diaryl/α,β-unsaturated/α-hetero) is 2. The van der Waals surface area contributed by atoms with Gasteiger partial charge in [0.2, 0.25) is 0 Å². The van der Waals surface area contributed by atoms with Gasteiger partial charge in [-0.25, -0.2) is 0 Å². The van der Waals surface area contributed by atoms with Gasteiger partial charge in [0, 0.05) is 22.8 Å². The molecule has 0 heterocycles. The maximum Gasteiger partial charge on any atom is 0.170 e. The van der Waals surface area contributed by atoms with Crippen LogP contribution in [0.5, 0.6) is 5.75 Å². The molecule has 0 aromatic heterocycles. The molecular weight excluding hydrogens is 332 g/mol. The molecule has 0 saturated heterocycles. The Kier molecular flexibility index (Phi) is 4.81. The number of hydrogen-bond acceptors (Lipinski definition) is 5. The van der Waals surface area contributed by atoms with Crippen LogP contribution < -0.4 is 9.84 Å².